The maximum Gasteiger partial charge on any atom is 0.303 e. The molecule has 0 saturated heterocycles. The minimum absolute atomic E-state index is 0.0418. The fraction of sp³-hybridized carbons (Fsp3) is 0.150. The Hall–Kier alpha value is -3.71. The van der Waals surface area contributed by atoms with Crippen LogP contribution in [0.2, 0.25) is 0 Å². The van der Waals surface area contributed by atoms with Gasteiger partial charge in [-0.15, -0.1) is 0 Å². The van der Waals surface area contributed by atoms with E-state index in [0.29, 0.717) is 11.3 Å². The van der Waals surface area contributed by atoms with Crippen LogP contribution < -0.4 is 9.62 Å². The van der Waals surface area contributed by atoms with Crippen molar-refractivity contribution in [2.75, 3.05) is 11.2 Å². The van der Waals surface area contributed by atoms with E-state index in [-0.39, 0.29) is 29.8 Å². The number of sulfonamides is 1. The normalized spacial score (nSPS) is 11.0. The number of oxazole rings is 1. The van der Waals surface area contributed by atoms with Crippen LogP contribution in [0.3, 0.4) is 0 Å². The number of rotatable bonds is 6. The van der Waals surface area contributed by atoms with Gasteiger partial charge in [0, 0.05) is 5.69 Å². The Bertz CT molecular complexity index is 1210. The Morgan fingerprint density at radius 3 is 2.40 bits per heavy atom. The second-order valence-corrected chi connectivity index (χ2v) is 8.22. The first-order valence-corrected chi connectivity index (χ1v) is 10.6. The van der Waals surface area contributed by atoms with Crippen molar-refractivity contribution in [2.24, 2.45) is 0 Å². The van der Waals surface area contributed by atoms with Crippen molar-refractivity contribution in [3.63, 3.8) is 0 Å². The van der Waals surface area contributed by atoms with Crippen molar-refractivity contribution in [3.05, 3.63) is 76.9 Å². The molecule has 1 amide bonds. The van der Waals surface area contributed by atoms with Gasteiger partial charge < -0.3 is 4.42 Å². The number of halogens is 1. The van der Waals surface area contributed by atoms with Gasteiger partial charge in [0.15, 0.2) is 5.69 Å². The maximum atomic E-state index is 13.3. The fourth-order valence-corrected chi connectivity index (χ4v) is 3.12. The van der Waals surface area contributed by atoms with E-state index in [0.717, 1.165) is 11.8 Å². The molecule has 1 heterocycles. The highest BCUT2D eigenvalue weighted by molar-refractivity contribution is 7.89. The third-order valence-electron chi connectivity index (χ3n) is 4.07. The number of aromatic nitrogens is 1. The number of hydrogen-bond acceptors (Lipinski definition) is 7. The average molecular weight is 428 g/mol. The topological polar surface area (TPSA) is 116 Å². The van der Waals surface area contributed by atoms with E-state index in [2.05, 4.69) is 4.98 Å². The summed E-state index contributed by atoms with van der Waals surface area (Å²) in [6.07, 6.45) is 0.860. The van der Waals surface area contributed by atoms with E-state index in [1.165, 1.54) is 19.1 Å². The first kappa shape index (κ1) is 21.0. The molecule has 0 aliphatic heterocycles. The van der Waals surface area contributed by atoms with Crippen LogP contribution in [0.25, 0.3) is 0 Å². The predicted molar refractivity (Wildman–Crippen MR) is 107 cm³/mol. The minimum Gasteiger partial charge on any atom is -0.428 e. The molecule has 1 aromatic heterocycles. The lowest BCUT2D eigenvalue weighted by molar-refractivity contribution is 0.0976. The highest BCUT2D eigenvalue weighted by Crippen LogP contribution is 2.29. The molecule has 0 saturated carbocycles. The molecule has 0 bridgehead atoms. The Morgan fingerprint density at radius 1 is 1.20 bits per heavy atom. The molecule has 10 heteroatoms. The zero-order valence-corrected chi connectivity index (χ0v) is 16.9. The van der Waals surface area contributed by atoms with Gasteiger partial charge in [0.1, 0.15) is 11.6 Å². The van der Waals surface area contributed by atoms with E-state index >= 15 is 0 Å². The summed E-state index contributed by atoms with van der Waals surface area (Å²) in [7, 11) is -3.77. The van der Waals surface area contributed by atoms with Gasteiger partial charge >= 0.3 is 6.01 Å². The third kappa shape index (κ3) is 5.01. The number of amides is 1. The number of carbonyl (C=O) groups is 1. The van der Waals surface area contributed by atoms with Crippen LogP contribution in [0.15, 0.2) is 52.9 Å². The summed E-state index contributed by atoms with van der Waals surface area (Å²) in [5.74, 6) is -1.16. The summed E-state index contributed by atoms with van der Waals surface area (Å²) >= 11 is 0. The Labute approximate surface area is 172 Å². The molecule has 8 nitrogen and oxygen atoms in total. The van der Waals surface area contributed by atoms with E-state index < -0.39 is 15.9 Å². The number of anilines is 2. The van der Waals surface area contributed by atoms with E-state index in [1.807, 2.05) is 10.8 Å². The molecule has 0 unspecified atom stereocenters. The van der Waals surface area contributed by atoms with Crippen LogP contribution in [0.1, 0.15) is 27.4 Å². The van der Waals surface area contributed by atoms with Gasteiger partial charge in [0.2, 0.25) is 10.0 Å². The number of benzene rings is 2. The van der Waals surface area contributed by atoms with E-state index in [9.17, 15) is 17.6 Å². The zero-order valence-electron chi connectivity index (χ0n) is 16.1. The molecular formula is C20H17FN4O4S. The minimum atomic E-state index is -3.77. The number of nitriles is 1. The number of nitrogens with one attached hydrogen (secondary N) is 1. The molecule has 2 aromatic carbocycles. The molecule has 154 valence electrons. The van der Waals surface area contributed by atoms with Crippen molar-refractivity contribution < 1.29 is 22.0 Å². The first-order chi connectivity index (χ1) is 14.2. The fourth-order valence-electron chi connectivity index (χ4n) is 2.68. The van der Waals surface area contributed by atoms with Gasteiger partial charge in [0.25, 0.3) is 5.91 Å². The molecule has 0 aliphatic carbocycles. The highest BCUT2D eigenvalue weighted by Gasteiger charge is 2.24. The van der Waals surface area contributed by atoms with Crippen LogP contribution >= 0.6 is 0 Å². The van der Waals surface area contributed by atoms with Gasteiger partial charge in [-0.05, 0) is 48.9 Å². The predicted octanol–water partition coefficient (Wildman–Crippen LogP) is 3.02. The molecule has 0 atom stereocenters. The lowest BCUT2D eigenvalue weighted by atomic mass is 10.1. The SMILES string of the molecule is Cc1oc(N(Cc2ccc(F)cc2)c2ccc(C#N)cc2)nc1C(=O)NS(C)(=O)=O. The summed E-state index contributed by atoms with van der Waals surface area (Å²) in [5, 5.41) is 9.02. The van der Waals surface area contributed by atoms with Crippen LogP contribution in [0, 0.1) is 24.1 Å². The highest BCUT2D eigenvalue weighted by atomic mass is 32.2. The van der Waals surface area contributed by atoms with Gasteiger partial charge in [-0.2, -0.15) is 10.2 Å². The second-order valence-electron chi connectivity index (χ2n) is 6.48. The smallest absolute Gasteiger partial charge is 0.303 e. The summed E-state index contributed by atoms with van der Waals surface area (Å²) in [5.41, 5.74) is 1.62. The molecule has 0 aliphatic rings. The summed E-state index contributed by atoms with van der Waals surface area (Å²) in [6.45, 7) is 1.71. The number of nitrogens with zero attached hydrogens (tertiary/aromatic N) is 3. The molecule has 3 aromatic rings. The molecule has 0 spiro atoms. The van der Waals surface area contributed by atoms with Crippen LogP contribution in [-0.4, -0.2) is 25.6 Å². The second kappa shape index (κ2) is 8.34. The molecule has 3 rings (SSSR count). The number of aryl methyl sites for hydroxylation is 1. The van der Waals surface area contributed by atoms with Crippen molar-refractivity contribution in [3.8, 4) is 6.07 Å². The largest absolute Gasteiger partial charge is 0.428 e. The number of carbonyl (C=O) groups excluding carboxylic acids is 1. The molecular weight excluding hydrogens is 411 g/mol. The van der Waals surface area contributed by atoms with Gasteiger partial charge in [-0.1, -0.05) is 12.1 Å². The monoisotopic (exact) mass is 428 g/mol. The van der Waals surface area contributed by atoms with E-state index in [4.69, 9.17) is 9.68 Å². The van der Waals surface area contributed by atoms with Crippen LogP contribution in [0.4, 0.5) is 16.1 Å². The van der Waals surface area contributed by atoms with Gasteiger partial charge in [0.05, 0.1) is 24.4 Å². The van der Waals surface area contributed by atoms with Crippen molar-refractivity contribution in [2.45, 2.75) is 13.5 Å². The maximum absolute atomic E-state index is 13.3. The summed E-state index contributed by atoms with van der Waals surface area (Å²) in [6, 6.07) is 14.5. The molecule has 0 fully saturated rings. The Morgan fingerprint density at radius 2 is 1.83 bits per heavy atom. The van der Waals surface area contributed by atoms with Crippen LogP contribution in [-0.2, 0) is 16.6 Å². The Balaban J connectivity index is 2.01. The number of hydrogen-bond donors (Lipinski definition) is 1. The van der Waals surface area contributed by atoms with Crippen molar-refractivity contribution in [1.29, 1.82) is 5.26 Å². The summed E-state index contributed by atoms with van der Waals surface area (Å²) < 4.78 is 43.5. The standard InChI is InChI=1S/C20H17FN4O4S/c1-13-18(19(26)24-30(2,27)28)23-20(29-13)25(12-15-3-7-16(21)8-4-15)17-9-5-14(11-22)6-10-17/h3-10H,12H2,1-2H3,(H,24,26). The Kier molecular flexibility index (Phi) is 5.84. The van der Waals surface area contributed by atoms with Crippen molar-refractivity contribution in [1.82, 2.24) is 9.71 Å². The average Bonchev–Trinajstić information content (AvgIpc) is 3.08. The summed E-state index contributed by atoms with van der Waals surface area (Å²) in [4.78, 5) is 18.0. The van der Waals surface area contributed by atoms with Crippen molar-refractivity contribution >= 4 is 27.6 Å². The van der Waals surface area contributed by atoms with E-state index in [1.54, 1.807) is 41.3 Å². The zero-order chi connectivity index (χ0) is 21.9. The lowest BCUT2D eigenvalue weighted by Gasteiger charge is -2.21. The van der Waals surface area contributed by atoms with Crippen LogP contribution in [0.5, 0.6) is 0 Å². The third-order valence-corrected chi connectivity index (χ3v) is 4.63. The lowest BCUT2D eigenvalue weighted by Crippen LogP contribution is -2.30. The first-order valence-electron chi connectivity index (χ1n) is 8.68. The quantitative estimate of drug-likeness (QED) is 0.641. The van der Waals surface area contributed by atoms with Gasteiger partial charge in [-0.25, -0.2) is 17.5 Å². The van der Waals surface area contributed by atoms with Gasteiger partial charge in [-0.3, -0.25) is 9.69 Å². The molecule has 1 N–H and O–H groups in total. The molecule has 30 heavy (non-hydrogen) atoms. The molecule has 0 radical (unpaired) electrons.